The molecule has 7 nitrogen and oxygen atoms in total. The molecule has 1 aliphatic heterocycles. The van der Waals surface area contributed by atoms with Crippen molar-refractivity contribution in [1.82, 2.24) is 20.4 Å². The van der Waals surface area contributed by atoms with Crippen molar-refractivity contribution < 1.29 is 9.18 Å². The van der Waals surface area contributed by atoms with E-state index in [4.69, 9.17) is 0 Å². The number of nitriles is 1. The fraction of sp³-hybridized carbons (Fsp3) is 0.385. The molecule has 8 heteroatoms. The summed E-state index contributed by atoms with van der Waals surface area (Å²) in [5, 5.41) is 21.0. The number of H-pyrrole nitrogens is 1. The van der Waals surface area contributed by atoms with Crippen LogP contribution in [-0.4, -0.2) is 45.7 Å². The van der Waals surface area contributed by atoms with Gasteiger partial charge < -0.3 is 4.90 Å². The number of halogens is 1. The topological polar surface area (TPSA) is 102 Å². The molecule has 1 aromatic heterocycles. The number of aromatic nitrogens is 2. The van der Waals surface area contributed by atoms with Gasteiger partial charge in [0.15, 0.2) is 0 Å². The maximum absolute atomic E-state index is 14.7. The van der Waals surface area contributed by atoms with Gasteiger partial charge in [0.2, 0.25) is 0 Å². The fourth-order valence-corrected chi connectivity index (χ4v) is 5.16. The molecule has 5 rings (SSSR count). The van der Waals surface area contributed by atoms with Crippen molar-refractivity contribution in [2.24, 2.45) is 0 Å². The molecule has 0 spiro atoms. The van der Waals surface area contributed by atoms with E-state index < -0.39 is 11.4 Å². The van der Waals surface area contributed by atoms with E-state index in [9.17, 15) is 19.2 Å². The zero-order valence-corrected chi connectivity index (χ0v) is 19.0. The Labute approximate surface area is 196 Å². The Morgan fingerprint density at radius 3 is 2.65 bits per heavy atom. The monoisotopic (exact) mass is 459 g/mol. The predicted octanol–water partition coefficient (Wildman–Crippen LogP) is 3.46. The summed E-state index contributed by atoms with van der Waals surface area (Å²) in [7, 11) is 0. The summed E-state index contributed by atoms with van der Waals surface area (Å²) < 4.78 is 14.7. The van der Waals surface area contributed by atoms with Gasteiger partial charge in [-0.25, -0.2) is 9.49 Å². The second-order valence-corrected chi connectivity index (χ2v) is 9.40. The van der Waals surface area contributed by atoms with E-state index in [1.165, 1.54) is 6.07 Å². The van der Waals surface area contributed by atoms with Crippen molar-refractivity contribution in [3.05, 3.63) is 75.5 Å². The molecule has 174 valence electrons. The molecular weight excluding hydrogens is 433 g/mol. The third-order valence-corrected chi connectivity index (χ3v) is 7.18. The largest absolute Gasteiger partial charge is 0.335 e. The third kappa shape index (κ3) is 3.86. The molecule has 0 bridgehead atoms. The van der Waals surface area contributed by atoms with E-state index in [1.807, 2.05) is 19.1 Å². The number of fused-ring (bicyclic) bond motifs is 1. The first-order chi connectivity index (χ1) is 16.4. The minimum atomic E-state index is -0.569. The van der Waals surface area contributed by atoms with Gasteiger partial charge >= 0.3 is 0 Å². The third-order valence-electron chi connectivity index (χ3n) is 7.18. The Kier molecular flexibility index (Phi) is 5.66. The molecule has 2 fully saturated rings. The Morgan fingerprint density at radius 1 is 1.24 bits per heavy atom. The molecule has 1 atom stereocenters. The molecule has 2 heterocycles. The van der Waals surface area contributed by atoms with E-state index in [-0.39, 0.29) is 29.0 Å². The zero-order valence-electron chi connectivity index (χ0n) is 19.0. The lowest BCUT2D eigenvalue weighted by Crippen LogP contribution is -2.64. The van der Waals surface area contributed by atoms with Crippen LogP contribution in [0.5, 0.6) is 0 Å². The number of nitrogens with one attached hydrogen (secondary N) is 2. The SMILES string of the molecule is CC(c1ccc(F)c(C(=O)N2CC(NC3(C#N)CCCC3)C2)c1)c1n[nH]c(=O)c2ccccc12. The van der Waals surface area contributed by atoms with Gasteiger partial charge in [-0.2, -0.15) is 10.4 Å². The first-order valence-corrected chi connectivity index (χ1v) is 11.7. The van der Waals surface area contributed by atoms with Crippen LogP contribution in [0.1, 0.15) is 60.1 Å². The number of hydrogen-bond acceptors (Lipinski definition) is 5. The predicted molar refractivity (Wildman–Crippen MR) is 126 cm³/mol. The highest BCUT2D eigenvalue weighted by molar-refractivity contribution is 5.95. The van der Waals surface area contributed by atoms with Crippen molar-refractivity contribution in [1.29, 1.82) is 5.26 Å². The summed E-state index contributed by atoms with van der Waals surface area (Å²) >= 11 is 0. The number of carbonyl (C=O) groups excluding carboxylic acids is 1. The minimum Gasteiger partial charge on any atom is -0.335 e. The molecule has 2 aromatic carbocycles. The maximum Gasteiger partial charge on any atom is 0.272 e. The van der Waals surface area contributed by atoms with Crippen LogP contribution in [-0.2, 0) is 0 Å². The Bertz CT molecular complexity index is 1350. The molecule has 1 amide bonds. The van der Waals surface area contributed by atoms with Crippen LogP contribution in [0.3, 0.4) is 0 Å². The van der Waals surface area contributed by atoms with Crippen molar-refractivity contribution >= 4 is 16.7 Å². The van der Waals surface area contributed by atoms with Crippen LogP contribution < -0.4 is 10.9 Å². The van der Waals surface area contributed by atoms with Crippen molar-refractivity contribution in [2.75, 3.05) is 13.1 Å². The van der Waals surface area contributed by atoms with Gasteiger partial charge in [0.1, 0.15) is 11.4 Å². The number of aromatic amines is 1. The van der Waals surface area contributed by atoms with Gasteiger partial charge in [-0.3, -0.25) is 14.9 Å². The van der Waals surface area contributed by atoms with E-state index in [2.05, 4.69) is 21.6 Å². The first-order valence-electron chi connectivity index (χ1n) is 11.7. The van der Waals surface area contributed by atoms with E-state index in [0.717, 1.165) is 36.6 Å². The van der Waals surface area contributed by atoms with Gasteiger partial charge in [-0.15, -0.1) is 0 Å². The summed E-state index contributed by atoms with van der Waals surface area (Å²) in [5.41, 5.74) is 0.656. The highest BCUT2D eigenvalue weighted by atomic mass is 19.1. The normalized spacial score (nSPS) is 18.4. The van der Waals surface area contributed by atoms with Crippen LogP contribution >= 0.6 is 0 Å². The standard InChI is InChI=1S/C26H26FN5O2/c1-16(23-19-6-2-3-7-20(19)24(33)31-30-23)17-8-9-22(27)21(12-17)25(34)32-13-18(14-32)29-26(15-28)10-4-5-11-26/h2-3,6-9,12,16,18,29H,4-5,10-11,13-14H2,1H3,(H,31,33). The van der Waals surface area contributed by atoms with Crippen molar-refractivity contribution in [2.45, 2.75) is 50.1 Å². The average molecular weight is 460 g/mol. The molecule has 34 heavy (non-hydrogen) atoms. The number of nitrogens with zero attached hydrogens (tertiary/aromatic N) is 3. The van der Waals surface area contributed by atoms with Gasteiger partial charge in [-0.05, 0) is 36.6 Å². The van der Waals surface area contributed by atoms with E-state index >= 15 is 0 Å². The molecule has 0 radical (unpaired) electrons. The number of hydrogen-bond donors (Lipinski definition) is 2. The Hall–Kier alpha value is -3.57. The Morgan fingerprint density at radius 2 is 1.94 bits per heavy atom. The minimum absolute atomic E-state index is 0.0207. The summed E-state index contributed by atoms with van der Waals surface area (Å²) in [6.07, 6.45) is 3.73. The number of amides is 1. The lowest BCUT2D eigenvalue weighted by atomic mass is 9.92. The zero-order chi connectivity index (χ0) is 23.9. The van der Waals surface area contributed by atoms with Crippen LogP contribution in [0.4, 0.5) is 4.39 Å². The quantitative estimate of drug-likeness (QED) is 0.608. The van der Waals surface area contributed by atoms with Crippen molar-refractivity contribution in [3.8, 4) is 6.07 Å². The molecular formula is C26H26FN5O2. The molecule has 1 aliphatic carbocycles. The van der Waals surface area contributed by atoms with Crippen LogP contribution in [0.15, 0.2) is 47.3 Å². The molecule has 3 aromatic rings. The molecule has 1 unspecified atom stereocenters. The molecule has 1 saturated heterocycles. The highest BCUT2D eigenvalue weighted by Crippen LogP contribution is 2.32. The number of likely N-dealkylation sites (tertiary alicyclic amines) is 1. The highest BCUT2D eigenvalue weighted by Gasteiger charge is 2.41. The van der Waals surface area contributed by atoms with Crippen LogP contribution in [0.2, 0.25) is 0 Å². The van der Waals surface area contributed by atoms with Gasteiger partial charge in [0, 0.05) is 30.4 Å². The first kappa shape index (κ1) is 22.2. The second-order valence-electron chi connectivity index (χ2n) is 9.40. The number of benzene rings is 2. The van der Waals surface area contributed by atoms with Gasteiger partial charge in [-0.1, -0.05) is 44.0 Å². The van der Waals surface area contributed by atoms with Crippen LogP contribution in [0.25, 0.3) is 10.8 Å². The van der Waals surface area contributed by atoms with Gasteiger partial charge in [0.25, 0.3) is 11.5 Å². The van der Waals surface area contributed by atoms with Crippen molar-refractivity contribution in [3.63, 3.8) is 0 Å². The fourth-order valence-electron chi connectivity index (χ4n) is 5.16. The maximum atomic E-state index is 14.7. The van der Waals surface area contributed by atoms with E-state index in [1.54, 1.807) is 29.2 Å². The smallest absolute Gasteiger partial charge is 0.272 e. The second kappa shape index (κ2) is 8.65. The summed E-state index contributed by atoms with van der Waals surface area (Å²) in [5.74, 6) is -1.19. The summed E-state index contributed by atoms with van der Waals surface area (Å²) in [4.78, 5) is 26.8. The van der Waals surface area contributed by atoms with E-state index in [0.29, 0.717) is 24.2 Å². The number of carbonyl (C=O) groups is 1. The van der Waals surface area contributed by atoms with Crippen LogP contribution in [0, 0.1) is 17.1 Å². The van der Waals surface area contributed by atoms with Gasteiger partial charge in [0.05, 0.1) is 22.7 Å². The lowest BCUT2D eigenvalue weighted by molar-refractivity contribution is 0.0530. The Balaban J connectivity index is 1.35. The molecule has 2 aliphatic rings. The summed E-state index contributed by atoms with van der Waals surface area (Å²) in [6.45, 7) is 2.82. The summed E-state index contributed by atoms with van der Waals surface area (Å²) in [6, 6.07) is 14.2. The average Bonchev–Trinajstić information content (AvgIpc) is 3.30. The number of rotatable bonds is 5. The molecule has 1 saturated carbocycles. The molecule has 2 N–H and O–H groups in total. The lowest BCUT2D eigenvalue weighted by Gasteiger charge is -2.43.